The fourth-order valence-corrected chi connectivity index (χ4v) is 3.97. The van der Waals surface area contributed by atoms with Crippen molar-refractivity contribution >= 4 is 22.3 Å². The van der Waals surface area contributed by atoms with Crippen LogP contribution in [-0.2, 0) is 6.18 Å². The van der Waals surface area contributed by atoms with Gasteiger partial charge in [-0.25, -0.2) is 9.78 Å². The number of fused-ring (bicyclic) bond motifs is 2. The molecule has 31 heavy (non-hydrogen) atoms. The monoisotopic (exact) mass is 428 g/mol. The van der Waals surface area contributed by atoms with Crippen LogP contribution in [0.1, 0.15) is 12.5 Å². The Bertz CT molecular complexity index is 1340. The standard InChI is InChI=1S/C22H19F3N4O2/c1-13-11-26-5-7-29(13)16-3-2-14-8-17(21(30)31-19(14)10-16)18-12-28-6-4-15(22(23,24)25)9-20(28)27-18/h2-4,6,8-10,12-13,26H,5,7,11H2,1H3. The third-order valence-corrected chi connectivity index (χ3v) is 5.62. The molecule has 1 aromatic carbocycles. The summed E-state index contributed by atoms with van der Waals surface area (Å²) in [5.41, 5.74) is 0.620. The van der Waals surface area contributed by atoms with E-state index in [1.807, 2.05) is 18.2 Å². The highest BCUT2D eigenvalue weighted by atomic mass is 19.4. The molecule has 1 atom stereocenters. The molecule has 4 aromatic rings. The maximum Gasteiger partial charge on any atom is 0.416 e. The zero-order valence-electron chi connectivity index (χ0n) is 16.6. The second-order valence-corrected chi connectivity index (χ2v) is 7.72. The van der Waals surface area contributed by atoms with Crippen LogP contribution in [-0.4, -0.2) is 35.1 Å². The van der Waals surface area contributed by atoms with Crippen LogP contribution in [0.2, 0.25) is 0 Å². The Kier molecular flexibility index (Phi) is 4.51. The molecule has 0 spiro atoms. The Morgan fingerprint density at radius 2 is 2.03 bits per heavy atom. The minimum Gasteiger partial charge on any atom is -0.422 e. The Balaban J connectivity index is 1.55. The molecule has 1 unspecified atom stereocenters. The van der Waals surface area contributed by atoms with E-state index in [1.54, 1.807) is 6.07 Å². The fourth-order valence-electron chi connectivity index (χ4n) is 3.97. The molecule has 0 saturated carbocycles. The molecule has 160 valence electrons. The first-order valence-corrected chi connectivity index (χ1v) is 9.91. The maximum atomic E-state index is 13.0. The summed E-state index contributed by atoms with van der Waals surface area (Å²) >= 11 is 0. The molecule has 5 rings (SSSR count). The van der Waals surface area contributed by atoms with E-state index in [9.17, 15) is 18.0 Å². The lowest BCUT2D eigenvalue weighted by molar-refractivity contribution is -0.137. The van der Waals surface area contributed by atoms with Crippen molar-refractivity contribution in [1.29, 1.82) is 0 Å². The number of rotatable bonds is 2. The van der Waals surface area contributed by atoms with Crippen molar-refractivity contribution in [2.24, 2.45) is 0 Å². The molecule has 1 aliphatic rings. The molecule has 0 amide bonds. The first-order valence-electron chi connectivity index (χ1n) is 9.91. The third-order valence-electron chi connectivity index (χ3n) is 5.62. The number of hydrogen-bond donors (Lipinski definition) is 1. The van der Waals surface area contributed by atoms with Crippen molar-refractivity contribution in [3.8, 4) is 11.3 Å². The van der Waals surface area contributed by atoms with Crippen molar-refractivity contribution in [3.05, 3.63) is 64.8 Å². The lowest BCUT2D eigenvalue weighted by atomic mass is 10.1. The van der Waals surface area contributed by atoms with Crippen LogP contribution in [0.3, 0.4) is 0 Å². The first-order chi connectivity index (χ1) is 14.8. The number of halogens is 3. The highest BCUT2D eigenvalue weighted by molar-refractivity contribution is 5.84. The Morgan fingerprint density at radius 1 is 1.19 bits per heavy atom. The zero-order chi connectivity index (χ0) is 21.8. The summed E-state index contributed by atoms with van der Waals surface area (Å²) in [4.78, 5) is 19.1. The van der Waals surface area contributed by atoms with Gasteiger partial charge in [0.15, 0.2) is 0 Å². The lowest BCUT2D eigenvalue weighted by Crippen LogP contribution is -2.49. The normalized spacial score (nSPS) is 17.5. The predicted octanol–water partition coefficient (Wildman–Crippen LogP) is 3.92. The largest absolute Gasteiger partial charge is 0.422 e. The lowest BCUT2D eigenvalue weighted by Gasteiger charge is -2.35. The van der Waals surface area contributed by atoms with E-state index < -0.39 is 17.4 Å². The average molecular weight is 428 g/mol. The number of hydrogen-bond acceptors (Lipinski definition) is 5. The molecule has 0 bridgehead atoms. The van der Waals surface area contributed by atoms with E-state index in [4.69, 9.17) is 4.42 Å². The number of anilines is 1. The molecular formula is C22H19F3N4O2. The number of nitrogens with one attached hydrogen (secondary N) is 1. The van der Waals surface area contributed by atoms with Gasteiger partial charge in [-0.15, -0.1) is 0 Å². The quantitative estimate of drug-likeness (QED) is 0.491. The maximum absolute atomic E-state index is 13.0. The van der Waals surface area contributed by atoms with Crippen molar-refractivity contribution in [1.82, 2.24) is 14.7 Å². The number of pyridine rings is 1. The summed E-state index contributed by atoms with van der Waals surface area (Å²) in [5.74, 6) is 0. The number of alkyl halides is 3. The van der Waals surface area contributed by atoms with Crippen LogP contribution in [0.4, 0.5) is 18.9 Å². The van der Waals surface area contributed by atoms with Gasteiger partial charge in [-0.2, -0.15) is 13.2 Å². The topological polar surface area (TPSA) is 62.8 Å². The van der Waals surface area contributed by atoms with Crippen LogP contribution in [0.15, 0.2) is 58.0 Å². The van der Waals surface area contributed by atoms with Crippen molar-refractivity contribution in [2.75, 3.05) is 24.5 Å². The van der Waals surface area contributed by atoms with Gasteiger partial charge in [-0.1, -0.05) is 0 Å². The van der Waals surface area contributed by atoms with E-state index in [2.05, 4.69) is 22.1 Å². The Morgan fingerprint density at radius 3 is 2.81 bits per heavy atom. The van der Waals surface area contributed by atoms with E-state index >= 15 is 0 Å². The molecule has 1 fully saturated rings. The second kappa shape index (κ2) is 7.12. The zero-order valence-corrected chi connectivity index (χ0v) is 16.6. The van der Waals surface area contributed by atoms with Gasteiger partial charge in [0.05, 0.1) is 16.8 Å². The van der Waals surface area contributed by atoms with Gasteiger partial charge in [0, 0.05) is 55.2 Å². The smallest absolute Gasteiger partial charge is 0.416 e. The highest BCUT2D eigenvalue weighted by Gasteiger charge is 2.31. The summed E-state index contributed by atoms with van der Waals surface area (Å²) < 4.78 is 45.9. The molecule has 1 aliphatic heterocycles. The highest BCUT2D eigenvalue weighted by Crippen LogP contribution is 2.31. The van der Waals surface area contributed by atoms with Crippen molar-refractivity contribution < 1.29 is 17.6 Å². The molecule has 9 heteroatoms. The van der Waals surface area contributed by atoms with Crippen LogP contribution >= 0.6 is 0 Å². The number of aromatic nitrogens is 2. The summed E-state index contributed by atoms with van der Waals surface area (Å²) in [6, 6.07) is 9.61. The third kappa shape index (κ3) is 3.54. The van der Waals surface area contributed by atoms with Crippen LogP contribution in [0.25, 0.3) is 27.9 Å². The van der Waals surface area contributed by atoms with E-state index in [1.165, 1.54) is 16.8 Å². The minimum absolute atomic E-state index is 0.104. The van der Waals surface area contributed by atoms with Gasteiger partial charge >= 0.3 is 11.8 Å². The Hall–Kier alpha value is -3.33. The predicted molar refractivity (Wildman–Crippen MR) is 111 cm³/mol. The van der Waals surface area contributed by atoms with Crippen LogP contribution < -0.4 is 15.8 Å². The summed E-state index contributed by atoms with van der Waals surface area (Å²) in [7, 11) is 0. The first kappa shape index (κ1) is 19.6. The van der Waals surface area contributed by atoms with E-state index in [0.29, 0.717) is 17.0 Å². The molecule has 0 aliphatic carbocycles. The van der Waals surface area contributed by atoms with Crippen LogP contribution in [0, 0.1) is 0 Å². The van der Waals surface area contributed by atoms with E-state index in [0.717, 1.165) is 37.5 Å². The Labute approximate surface area is 174 Å². The molecule has 3 aromatic heterocycles. The van der Waals surface area contributed by atoms with Gasteiger partial charge in [0.1, 0.15) is 11.2 Å². The summed E-state index contributed by atoms with van der Waals surface area (Å²) in [5, 5.41) is 4.06. The fraction of sp³-hybridized carbons (Fsp3) is 0.273. The summed E-state index contributed by atoms with van der Waals surface area (Å²) in [6.45, 7) is 4.75. The average Bonchev–Trinajstić information content (AvgIpc) is 3.15. The molecule has 1 N–H and O–H groups in total. The number of nitrogens with zero attached hydrogens (tertiary/aromatic N) is 3. The summed E-state index contributed by atoms with van der Waals surface area (Å²) in [6.07, 6.45) is -1.67. The van der Waals surface area contributed by atoms with Gasteiger partial charge in [-0.3, -0.25) is 0 Å². The molecule has 0 radical (unpaired) electrons. The number of imidazole rings is 1. The van der Waals surface area contributed by atoms with Gasteiger partial charge < -0.3 is 19.0 Å². The number of piperazine rings is 1. The molecule has 6 nitrogen and oxygen atoms in total. The minimum atomic E-state index is -4.46. The SMILES string of the molecule is CC1CNCCN1c1ccc2cc(-c3cn4ccc(C(F)(F)F)cc4n3)c(=O)oc2c1. The van der Waals surface area contributed by atoms with Gasteiger partial charge in [0.25, 0.3) is 0 Å². The van der Waals surface area contributed by atoms with Crippen LogP contribution in [0.5, 0.6) is 0 Å². The van der Waals surface area contributed by atoms with Crippen molar-refractivity contribution in [3.63, 3.8) is 0 Å². The van der Waals surface area contributed by atoms with Gasteiger partial charge in [-0.05, 0) is 37.3 Å². The molecule has 4 heterocycles. The number of benzene rings is 1. The molecule has 1 saturated heterocycles. The van der Waals surface area contributed by atoms with E-state index in [-0.39, 0.29) is 16.9 Å². The molecular weight excluding hydrogens is 409 g/mol. The second-order valence-electron chi connectivity index (χ2n) is 7.72. The van der Waals surface area contributed by atoms with Crippen molar-refractivity contribution in [2.45, 2.75) is 19.1 Å². The van der Waals surface area contributed by atoms with Gasteiger partial charge in [0.2, 0.25) is 0 Å².